The third kappa shape index (κ3) is 4.15. The smallest absolute Gasteiger partial charge is 0.306 e. The molecule has 1 N–H and O–H groups in total. The van der Waals surface area contributed by atoms with Gasteiger partial charge in [0.15, 0.2) is 0 Å². The van der Waals surface area contributed by atoms with E-state index in [2.05, 4.69) is 11.8 Å². The Kier molecular flexibility index (Phi) is 6.54. The van der Waals surface area contributed by atoms with Crippen molar-refractivity contribution in [2.24, 2.45) is 5.92 Å². The van der Waals surface area contributed by atoms with Gasteiger partial charge in [0, 0.05) is 6.04 Å². The number of carboxylic acid groups (broad SMARTS) is 1. The molecule has 122 valence electrons. The summed E-state index contributed by atoms with van der Waals surface area (Å²) in [4.78, 5) is 13.5. The van der Waals surface area contributed by atoms with E-state index in [1.165, 1.54) is 0 Å². The second-order valence-electron chi connectivity index (χ2n) is 5.95. The van der Waals surface area contributed by atoms with Crippen LogP contribution in [0.1, 0.15) is 50.6 Å². The topological polar surface area (TPSA) is 40.5 Å². The molecule has 0 radical (unpaired) electrons. The van der Waals surface area contributed by atoms with Gasteiger partial charge in [-0.25, -0.2) is 0 Å². The standard InChI is InChI=1S/C17H23Cl2NO2/c1-2-3-7-15(13-5-4-6-14(18)16(13)19)20-10-8-12(9-11-20)17(21)22/h4-6,12,15H,2-3,7-11H2,1H3,(H,21,22). The lowest BCUT2D eigenvalue weighted by Crippen LogP contribution is -2.39. The van der Waals surface area contributed by atoms with Crippen molar-refractivity contribution in [3.63, 3.8) is 0 Å². The molecule has 0 aromatic heterocycles. The molecule has 1 heterocycles. The zero-order valence-corrected chi connectivity index (χ0v) is 14.4. The highest BCUT2D eigenvalue weighted by molar-refractivity contribution is 6.42. The minimum absolute atomic E-state index is 0.210. The normalized spacial score (nSPS) is 18.3. The summed E-state index contributed by atoms with van der Waals surface area (Å²) in [5.41, 5.74) is 1.07. The Bertz CT molecular complexity index is 513. The van der Waals surface area contributed by atoms with Crippen LogP contribution in [0, 0.1) is 5.92 Å². The molecule has 22 heavy (non-hydrogen) atoms. The Morgan fingerprint density at radius 3 is 2.64 bits per heavy atom. The number of benzene rings is 1. The summed E-state index contributed by atoms with van der Waals surface area (Å²) in [5.74, 6) is -0.886. The number of piperidine rings is 1. The predicted octanol–water partition coefficient (Wildman–Crippen LogP) is 5.02. The van der Waals surface area contributed by atoms with E-state index in [9.17, 15) is 4.79 Å². The van der Waals surface area contributed by atoms with E-state index in [1.807, 2.05) is 12.1 Å². The molecule has 0 aliphatic carbocycles. The van der Waals surface area contributed by atoms with E-state index in [-0.39, 0.29) is 12.0 Å². The molecule has 2 rings (SSSR count). The van der Waals surface area contributed by atoms with Crippen molar-refractivity contribution in [3.05, 3.63) is 33.8 Å². The molecule has 5 heteroatoms. The van der Waals surface area contributed by atoms with Crippen molar-refractivity contribution in [3.8, 4) is 0 Å². The van der Waals surface area contributed by atoms with Gasteiger partial charge in [-0.3, -0.25) is 9.69 Å². The van der Waals surface area contributed by atoms with Gasteiger partial charge in [0.25, 0.3) is 0 Å². The second kappa shape index (κ2) is 8.19. The number of halogens is 2. The first-order valence-electron chi connectivity index (χ1n) is 7.95. The molecule has 1 aromatic rings. The lowest BCUT2D eigenvalue weighted by molar-refractivity contribution is -0.143. The minimum Gasteiger partial charge on any atom is -0.481 e. The molecule has 0 spiro atoms. The quantitative estimate of drug-likeness (QED) is 0.788. The summed E-state index contributed by atoms with van der Waals surface area (Å²) in [7, 11) is 0. The Hall–Kier alpha value is -0.770. The van der Waals surface area contributed by atoms with Crippen LogP contribution in [-0.4, -0.2) is 29.1 Å². The van der Waals surface area contributed by atoms with E-state index in [4.69, 9.17) is 28.3 Å². The fourth-order valence-corrected chi connectivity index (χ4v) is 3.60. The number of likely N-dealkylation sites (tertiary alicyclic amines) is 1. The van der Waals surface area contributed by atoms with Gasteiger partial charge in [0.2, 0.25) is 0 Å². The molecule has 1 saturated heterocycles. The van der Waals surface area contributed by atoms with Gasteiger partial charge in [-0.2, -0.15) is 0 Å². The number of rotatable bonds is 6. The van der Waals surface area contributed by atoms with Gasteiger partial charge in [-0.05, 0) is 44.0 Å². The number of carbonyl (C=O) groups is 1. The predicted molar refractivity (Wildman–Crippen MR) is 90.7 cm³/mol. The fraction of sp³-hybridized carbons (Fsp3) is 0.588. The highest BCUT2D eigenvalue weighted by atomic mass is 35.5. The second-order valence-corrected chi connectivity index (χ2v) is 6.73. The van der Waals surface area contributed by atoms with Crippen molar-refractivity contribution in [1.29, 1.82) is 0 Å². The van der Waals surface area contributed by atoms with Crippen molar-refractivity contribution in [2.75, 3.05) is 13.1 Å². The Morgan fingerprint density at radius 2 is 2.05 bits per heavy atom. The minimum atomic E-state index is -0.675. The van der Waals surface area contributed by atoms with Crippen LogP contribution in [-0.2, 0) is 4.79 Å². The van der Waals surface area contributed by atoms with Gasteiger partial charge in [-0.1, -0.05) is 55.1 Å². The summed E-state index contributed by atoms with van der Waals surface area (Å²) in [5, 5.41) is 10.4. The van der Waals surface area contributed by atoms with Crippen LogP contribution >= 0.6 is 23.2 Å². The van der Waals surface area contributed by atoms with E-state index in [1.54, 1.807) is 6.07 Å². The Morgan fingerprint density at radius 1 is 1.36 bits per heavy atom. The van der Waals surface area contributed by atoms with Gasteiger partial charge < -0.3 is 5.11 Å². The Balaban J connectivity index is 2.16. The lowest BCUT2D eigenvalue weighted by atomic mass is 9.92. The third-order valence-corrected chi connectivity index (χ3v) is 5.32. The summed E-state index contributed by atoms with van der Waals surface area (Å²) >= 11 is 12.6. The van der Waals surface area contributed by atoms with Crippen LogP contribution < -0.4 is 0 Å². The number of carboxylic acids is 1. The summed E-state index contributed by atoms with van der Waals surface area (Å²) in [6, 6.07) is 6.01. The number of hydrogen-bond donors (Lipinski definition) is 1. The van der Waals surface area contributed by atoms with Crippen LogP contribution in [0.25, 0.3) is 0 Å². The van der Waals surface area contributed by atoms with Crippen molar-refractivity contribution in [1.82, 2.24) is 4.90 Å². The van der Waals surface area contributed by atoms with Crippen molar-refractivity contribution >= 4 is 29.2 Å². The molecule has 1 aliphatic heterocycles. The molecule has 3 nitrogen and oxygen atoms in total. The SMILES string of the molecule is CCCCC(c1cccc(Cl)c1Cl)N1CCC(C(=O)O)CC1. The number of hydrogen-bond acceptors (Lipinski definition) is 2. The maximum Gasteiger partial charge on any atom is 0.306 e. The van der Waals surface area contributed by atoms with Crippen LogP contribution in [0.3, 0.4) is 0 Å². The zero-order valence-electron chi connectivity index (χ0n) is 12.9. The van der Waals surface area contributed by atoms with Gasteiger partial charge in [0.1, 0.15) is 0 Å². The molecule has 0 saturated carbocycles. The molecule has 1 aliphatic rings. The summed E-state index contributed by atoms with van der Waals surface area (Å²) in [6.45, 7) is 3.77. The molecule has 1 aromatic carbocycles. The van der Waals surface area contributed by atoms with Crippen molar-refractivity contribution in [2.45, 2.75) is 45.1 Å². The van der Waals surface area contributed by atoms with Crippen LogP contribution in [0.2, 0.25) is 10.0 Å². The molecular weight excluding hydrogens is 321 g/mol. The maximum atomic E-state index is 11.1. The van der Waals surface area contributed by atoms with Crippen LogP contribution in [0.5, 0.6) is 0 Å². The highest BCUT2D eigenvalue weighted by Gasteiger charge is 2.30. The number of aliphatic carboxylic acids is 1. The van der Waals surface area contributed by atoms with Crippen LogP contribution in [0.4, 0.5) is 0 Å². The van der Waals surface area contributed by atoms with Gasteiger partial charge in [-0.15, -0.1) is 0 Å². The summed E-state index contributed by atoms with van der Waals surface area (Å²) < 4.78 is 0. The van der Waals surface area contributed by atoms with E-state index >= 15 is 0 Å². The third-order valence-electron chi connectivity index (χ3n) is 4.49. The number of unbranched alkanes of at least 4 members (excludes halogenated alkanes) is 1. The van der Waals surface area contributed by atoms with Crippen LogP contribution in [0.15, 0.2) is 18.2 Å². The fourth-order valence-electron chi connectivity index (χ4n) is 3.17. The van der Waals surface area contributed by atoms with Gasteiger partial charge >= 0.3 is 5.97 Å². The average molecular weight is 344 g/mol. The Labute approximate surface area is 142 Å². The number of nitrogens with zero attached hydrogens (tertiary/aromatic N) is 1. The molecule has 1 unspecified atom stereocenters. The average Bonchev–Trinajstić information content (AvgIpc) is 2.52. The maximum absolute atomic E-state index is 11.1. The molecule has 0 amide bonds. The first-order valence-corrected chi connectivity index (χ1v) is 8.71. The molecule has 1 atom stereocenters. The van der Waals surface area contributed by atoms with E-state index in [0.29, 0.717) is 22.9 Å². The largest absolute Gasteiger partial charge is 0.481 e. The lowest BCUT2D eigenvalue weighted by Gasteiger charge is -2.37. The monoisotopic (exact) mass is 343 g/mol. The molecular formula is C17H23Cl2NO2. The van der Waals surface area contributed by atoms with E-state index < -0.39 is 5.97 Å². The first-order chi connectivity index (χ1) is 10.5. The molecule has 0 bridgehead atoms. The molecule has 1 fully saturated rings. The zero-order chi connectivity index (χ0) is 16.1. The summed E-state index contributed by atoms with van der Waals surface area (Å²) in [6.07, 6.45) is 4.67. The van der Waals surface area contributed by atoms with Gasteiger partial charge in [0.05, 0.1) is 16.0 Å². The highest BCUT2D eigenvalue weighted by Crippen LogP contribution is 2.37. The first kappa shape index (κ1) is 17.6. The van der Waals surface area contributed by atoms with Crippen molar-refractivity contribution < 1.29 is 9.90 Å². The van der Waals surface area contributed by atoms with E-state index in [0.717, 1.165) is 37.9 Å².